The van der Waals surface area contributed by atoms with Gasteiger partial charge in [0.05, 0.1) is 28.4 Å². The van der Waals surface area contributed by atoms with Gasteiger partial charge in [0.1, 0.15) is 5.82 Å². The van der Waals surface area contributed by atoms with Crippen molar-refractivity contribution in [2.75, 3.05) is 5.32 Å². The van der Waals surface area contributed by atoms with E-state index in [0.29, 0.717) is 28.8 Å². The number of aromatic nitrogens is 3. The average molecular weight is 384 g/mol. The summed E-state index contributed by atoms with van der Waals surface area (Å²) in [5.74, 6) is 0.544. The lowest BCUT2D eigenvalue weighted by atomic mass is 10.1. The highest BCUT2D eigenvalue weighted by Crippen LogP contribution is 2.25. The number of benzene rings is 2. The highest BCUT2D eigenvalue weighted by atomic mass is 16.6. The Kier molecular flexibility index (Phi) is 4.86. The Morgan fingerprint density at radius 2 is 2.03 bits per heavy atom. The van der Waals surface area contributed by atoms with E-state index in [4.69, 9.17) is 0 Å². The van der Waals surface area contributed by atoms with Crippen molar-refractivity contribution < 1.29 is 4.92 Å². The van der Waals surface area contributed by atoms with Crippen molar-refractivity contribution in [3.8, 4) is 6.07 Å². The van der Waals surface area contributed by atoms with Crippen LogP contribution in [0.3, 0.4) is 0 Å². The fourth-order valence-electron chi connectivity index (χ4n) is 3.13. The molecule has 0 atom stereocenters. The van der Waals surface area contributed by atoms with Crippen molar-refractivity contribution in [1.29, 1.82) is 5.26 Å². The molecule has 0 saturated carbocycles. The molecule has 142 valence electrons. The van der Waals surface area contributed by atoms with Gasteiger partial charge in [0.25, 0.3) is 5.69 Å². The number of fused-ring (bicyclic) bond motifs is 1. The second-order valence-corrected chi connectivity index (χ2v) is 6.53. The van der Waals surface area contributed by atoms with Gasteiger partial charge in [0.15, 0.2) is 0 Å². The fraction of sp³-hybridized carbons (Fsp3) is 0.0952. The molecule has 0 aliphatic carbocycles. The van der Waals surface area contributed by atoms with Crippen molar-refractivity contribution in [2.45, 2.75) is 13.1 Å². The zero-order valence-corrected chi connectivity index (χ0v) is 15.3. The van der Waals surface area contributed by atoms with E-state index in [2.05, 4.69) is 33.5 Å². The van der Waals surface area contributed by atoms with E-state index in [1.54, 1.807) is 24.7 Å². The second-order valence-electron chi connectivity index (χ2n) is 6.53. The first kappa shape index (κ1) is 18.1. The molecule has 2 heterocycles. The molecule has 0 fully saturated rings. The summed E-state index contributed by atoms with van der Waals surface area (Å²) in [5.41, 5.74) is 3.04. The summed E-state index contributed by atoms with van der Waals surface area (Å²) in [5, 5.41) is 24.1. The van der Waals surface area contributed by atoms with Crippen molar-refractivity contribution in [3.63, 3.8) is 0 Å². The molecule has 0 aliphatic rings. The molecule has 0 radical (unpaired) electrons. The van der Waals surface area contributed by atoms with Crippen molar-refractivity contribution in [2.24, 2.45) is 0 Å². The van der Waals surface area contributed by atoms with Gasteiger partial charge in [-0.1, -0.05) is 24.3 Å². The minimum atomic E-state index is -0.483. The lowest BCUT2D eigenvalue weighted by molar-refractivity contribution is -0.384. The summed E-state index contributed by atoms with van der Waals surface area (Å²) in [4.78, 5) is 19.0. The van der Waals surface area contributed by atoms with E-state index in [0.717, 1.165) is 17.7 Å². The Bertz CT molecular complexity index is 1230. The maximum atomic E-state index is 11.0. The molecule has 4 rings (SSSR count). The molecule has 8 heteroatoms. The van der Waals surface area contributed by atoms with Crippen LogP contribution in [0.1, 0.15) is 16.7 Å². The van der Waals surface area contributed by atoms with Gasteiger partial charge in [-0.05, 0) is 23.3 Å². The number of nitro groups is 1. The van der Waals surface area contributed by atoms with Crippen LogP contribution < -0.4 is 5.32 Å². The molecular weight excluding hydrogens is 368 g/mol. The highest BCUT2D eigenvalue weighted by Gasteiger charge is 2.11. The molecule has 4 aromatic rings. The number of non-ortho nitro benzene ring substituents is 1. The van der Waals surface area contributed by atoms with Crippen LogP contribution in [-0.2, 0) is 13.1 Å². The number of hydrogen-bond donors (Lipinski definition) is 1. The standard InChI is InChI=1S/C21H16N6O2/c22-11-17-9-21(25-20-5-4-18(27(28)29)10-19(17)20)24-12-15-2-1-3-16(8-15)13-26-7-6-23-14-26/h1-10,14H,12-13H2,(H,24,25). The van der Waals surface area contributed by atoms with Gasteiger partial charge in [-0.2, -0.15) is 5.26 Å². The predicted octanol–water partition coefficient (Wildman–Crippen LogP) is 3.87. The molecule has 2 aromatic carbocycles. The Morgan fingerprint density at radius 3 is 2.79 bits per heavy atom. The van der Waals surface area contributed by atoms with E-state index in [1.807, 2.05) is 22.9 Å². The molecule has 0 saturated heterocycles. The minimum Gasteiger partial charge on any atom is -0.366 e. The lowest BCUT2D eigenvalue weighted by Crippen LogP contribution is -2.04. The van der Waals surface area contributed by atoms with Gasteiger partial charge in [0.2, 0.25) is 0 Å². The van der Waals surface area contributed by atoms with Gasteiger partial charge in [-0.25, -0.2) is 9.97 Å². The normalized spacial score (nSPS) is 10.6. The molecule has 1 N–H and O–H groups in total. The van der Waals surface area contributed by atoms with Crippen LogP contribution in [0, 0.1) is 21.4 Å². The third-order valence-corrected chi connectivity index (χ3v) is 4.51. The first-order valence-corrected chi connectivity index (χ1v) is 8.89. The number of nitro benzene ring substituents is 1. The average Bonchev–Trinajstić information content (AvgIpc) is 3.24. The van der Waals surface area contributed by atoms with Crippen molar-refractivity contribution >= 4 is 22.4 Å². The van der Waals surface area contributed by atoms with Gasteiger partial charge < -0.3 is 9.88 Å². The summed E-state index contributed by atoms with van der Waals surface area (Å²) in [6, 6.07) is 16.2. The second kappa shape index (κ2) is 7.78. The topological polar surface area (TPSA) is 110 Å². The smallest absolute Gasteiger partial charge is 0.270 e. The van der Waals surface area contributed by atoms with Crippen LogP contribution in [0.4, 0.5) is 11.5 Å². The molecule has 0 aliphatic heterocycles. The third-order valence-electron chi connectivity index (χ3n) is 4.51. The zero-order valence-electron chi connectivity index (χ0n) is 15.3. The summed E-state index contributed by atoms with van der Waals surface area (Å²) in [7, 11) is 0. The van der Waals surface area contributed by atoms with Crippen LogP contribution in [0.5, 0.6) is 0 Å². The Balaban J connectivity index is 1.55. The van der Waals surface area contributed by atoms with Crippen LogP contribution in [0.15, 0.2) is 67.3 Å². The predicted molar refractivity (Wildman–Crippen MR) is 108 cm³/mol. The molecule has 29 heavy (non-hydrogen) atoms. The SMILES string of the molecule is N#Cc1cc(NCc2cccc(Cn3ccnc3)c2)nc2ccc([N+](=O)[O-])cc12. The molecule has 0 unspecified atom stereocenters. The number of anilines is 1. The molecule has 2 aromatic heterocycles. The quantitative estimate of drug-likeness (QED) is 0.399. The molecule has 0 spiro atoms. The summed E-state index contributed by atoms with van der Waals surface area (Å²) >= 11 is 0. The third kappa shape index (κ3) is 4.04. The zero-order chi connectivity index (χ0) is 20.2. The van der Waals surface area contributed by atoms with Crippen LogP contribution in [0.25, 0.3) is 10.9 Å². The van der Waals surface area contributed by atoms with Gasteiger partial charge in [0, 0.05) is 43.0 Å². The highest BCUT2D eigenvalue weighted by molar-refractivity contribution is 5.88. The van der Waals surface area contributed by atoms with Crippen molar-refractivity contribution in [1.82, 2.24) is 14.5 Å². The summed E-state index contributed by atoms with van der Waals surface area (Å²) in [6.45, 7) is 1.27. The van der Waals surface area contributed by atoms with E-state index in [9.17, 15) is 15.4 Å². The maximum absolute atomic E-state index is 11.0. The maximum Gasteiger partial charge on any atom is 0.270 e. The van der Waals surface area contributed by atoms with Crippen LogP contribution >= 0.6 is 0 Å². The monoisotopic (exact) mass is 384 g/mol. The van der Waals surface area contributed by atoms with Crippen LogP contribution in [-0.4, -0.2) is 19.5 Å². The number of nitrogens with one attached hydrogen (secondary N) is 1. The number of nitriles is 1. The molecule has 8 nitrogen and oxygen atoms in total. The first-order valence-electron chi connectivity index (χ1n) is 8.89. The van der Waals surface area contributed by atoms with E-state index in [-0.39, 0.29) is 5.69 Å². The van der Waals surface area contributed by atoms with E-state index < -0.39 is 4.92 Å². The van der Waals surface area contributed by atoms with Crippen molar-refractivity contribution in [3.05, 3.63) is 94.1 Å². The number of hydrogen-bond acceptors (Lipinski definition) is 6. The Morgan fingerprint density at radius 1 is 1.17 bits per heavy atom. The minimum absolute atomic E-state index is 0.0637. The number of rotatable bonds is 6. The molecular formula is C21H16N6O2. The first-order chi connectivity index (χ1) is 14.1. The number of pyridine rings is 1. The Hall–Kier alpha value is -4.25. The largest absolute Gasteiger partial charge is 0.366 e. The van der Waals surface area contributed by atoms with Gasteiger partial charge >= 0.3 is 0 Å². The fourth-order valence-corrected chi connectivity index (χ4v) is 3.13. The van der Waals surface area contributed by atoms with E-state index in [1.165, 1.54) is 12.1 Å². The Labute approximate surface area is 166 Å². The molecule has 0 bridgehead atoms. The lowest BCUT2D eigenvalue weighted by Gasteiger charge is -2.10. The molecule has 0 amide bonds. The van der Waals surface area contributed by atoms with Crippen LogP contribution in [0.2, 0.25) is 0 Å². The van der Waals surface area contributed by atoms with Gasteiger partial charge in [-0.15, -0.1) is 0 Å². The summed E-state index contributed by atoms with van der Waals surface area (Å²) < 4.78 is 2.00. The van der Waals surface area contributed by atoms with E-state index >= 15 is 0 Å². The van der Waals surface area contributed by atoms with Gasteiger partial charge in [-0.3, -0.25) is 10.1 Å². The summed E-state index contributed by atoms with van der Waals surface area (Å²) in [6.07, 6.45) is 5.44. The number of nitrogens with zero attached hydrogens (tertiary/aromatic N) is 5. The number of imidazole rings is 1.